The van der Waals surface area contributed by atoms with Gasteiger partial charge in [-0.05, 0) is 40.0 Å². The van der Waals surface area contributed by atoms with Crippen LogP contribution >= 0.6 is 15.9 Å². The van der Waals surface area contributed by atoms with E-state index in [1.165, 1.54) is 0 Å². The Labute approximate surface area is 171 Å². The fraction of sp³-hybridized carbons (Fsp3) is 0.400. The lowest BCUT2D eigenvalue weighted by molar-refractivity contribution is 0.414. The third kappa shape index (κ3) is 3.37. The SMILES string of the molecule is CCCCCn1c2c(c(=O)n3c(Cc4cccc(OC)c4)nnc13)CC(Br)=N2. The van der Waals surface area contributed by atoms with E-state index in [2.05, 4.69) is 38.0 Å². The van der Waals surface area contributed by atoms with Gasteiger partial charge in [0.25, 0.3) is 5.56 Å². The molecule has 0 fully saturated rings. The van der Waals surface area contributed by atoms with Gasteiger partial charge in [0.15, 0.2) is 0 Å². The number of hydrogen-bond acceptors (Lipinski definition) is 5. The van der Waals surface area contributed by atoms with Gasteiger partial charge in [-0.2, -0.15) is 0 Å². The van der Waals surface area contributed by atoms with Gasteiger partial charge in [0.1, 0.15) is 17.4 Å². The van der Waals surface area contributed by atoms with Gasteiger partial charge in [-0.1, -0.05) is 31.9 Å². The zero-order valence-corrected chi connectivity index (χ0v) is 17.6. The zero-order chi connectivity index (χ0) is 19.7. The molecule has 3 heterocycles. The van der Waals surface area contributed by atoms with Gasteiger partial charge in [0, 0.05) is 19.4 Å². The first-order valence-corrected chi connectivity index (χ1v) is 10.3. The number of methoxy groups -OCH3 is 1. The van der Waals surface area contributed by atoms with E-state index >= 15 is 0 Å². The molecule has 1 aliphatic heterocycles. The molecule has 1 aliphatic rings. The molecule has 0 amide bonds. The summed E-state index contributed by atoms with van der Waals surface area (Å²) in [6.45, 7) is 2.94. The minimum Gasteiger partial charge on any atom is -0.497 e. The second-order valence-electron chi connectivity index (χ2n) is 6.91. The van der Waals surface area contributed by atoms with Crippen LogP contribution < -0.4 is 10.3 Å². The van der Waals surface area contributed by atoms with E-state index in [4.69, 9.17) is 4.74 Å². The highest BCUT2D eigenvalue weighted by atomic mass is 79.9. The maximum atomic E-state index is 13.2. The number of aliphatic imine (C=N–C) groups is 1. The summed E-state index contributed by atoms with van der Waals surface area (Å²) in [6.07, 6.45) is 4.26. The molecule has 0 bridgehead atoms. The normalized spacial score (nSPS) is 13.0. The summed E-state index contributed by atoms with van der Waals surface area (Å²) in [5, 5.41) is 8.71. The summed E-state index contributed by atoms with van der Waals surface area (Å²) < 4.78 is 9.75. The van der Waals surface area contributed by atoms with Crippen LogP contribution in [0.2, 0.25) is 0 Å². The second-order valence-corrected chi connectivity index (χ2v) is 7.83. The average Bonchev–Trinajstić information content (AvgIpc) is 3.29. The average molecular weight is 444 g/mol. The highest BCUT2D eigenvalue weighted by Gasteiger charge is 2.25. The molecule has 0 saturated heterocycles. The number of aryl methyl sites for hydroxylation is 1. The van der Waals surface area contributed by atoms with Crippen LogP contribution in [0.25, 0.3) is 5.78 Å². The molecule has 0 atom stereocenters. The molecule has 0 N–H and O–H groups in total. The van der Waals surface area contributed by atoms with E-state index in [0.717, 1.165) is 41.7 Å². The Morgan fingerprint density at radius 2 is 2.11 bits per heavy atom. The molecule has 0 spiro atoms. The summed E-state index contributed by atoms with van der Waals surface area (Å²) >= 11 is 3.46. The van der Waals surface area contributed by atoms with Crippen molar-refractivity contribution in [2.45, 2.75) is 45.6 Å². The van der Waals surface area contributed by atoms with Gasteiger partial charge in [-0.15, -0.1) is 10.2 Å². The Balaban J connectivity index is 1.82. The zero-order valence-electron chi connectivity index (χ0n) is 16.0. The van der Waals surface area contributed by atoms with Crippen LogP contribution in [-0.4, -0.2) is 30.9 Å². The van der Waals surface area contributed by atoms with Crippen molar-refractivity contribution in [1.82, 2.24) is 19.2 Å². The molecule has 8 heteroatoms. The number of unbranched alkanes of at least 4 members (excludes halogenated alkanes) is 2. The lowest BCUT2D eigenvalue weighted by atomic mass is 10.1. The third-order valence-electron chi connectivity index (χ3n) is 4.97. The van der Waals surface area contributed by atoms with Crippen molar-refractivity contribution < 1.29 is 4.74 Å². The number of ether oxygens (including phenoxy) is 1. The molecular formula is C20H22BrN5O2. The fourth-order valence-electron chi connectivity index (χ4n) is 3.57. The molecular weight excluding hydrogens is 422 g/mol. The van der Waals surface area contributed by atoms with E-state index in [1.54, 1.807) is 11.5 Å². The molecule has 3 aromatic rings. The van der Waals surface area contributed by atoms with Gasteiger partial charge >= 0.3 is 0 Å². The van der Waals surface area contributed by atoms with Crippen molar-refractivity contribution in [1.29, 1.82) is 0 Å². The number of aromatic nitrogens is 4. The van der Waals surface area contributed by atoms with Crippen LogP contribution in [-0.2, 0) is 19.4 Å². The lowest BCUT2D eigenvalue weighted by Crippen LogP contribution is -2.23. The first-order chi connectivity index (χ1) is 13.6. The number of rotatable bonds is 7. The Hall–Kier alpha value is -2.48. The van der Waals surface area contributed by atoms with E-state index in [0.29, 0.717) is 35.8 Å². The Morgan fingerprint density at radius 3 is 2.89 bits per heavy atom. The van der Waals surface area contributed by atoms with Gasteiger partial charge in [0.2, 0.25) is 5.78 Å². The number of nitrogens with zero attached hydrogens (tertiary/aromatic N) is 5. The summed E-state index contributed by atoms with van der Waals surface area (Å²) in [7, 11) is 1.64. The first-order valence-electron chi connectivity index (χ1n) is 9.48. The van der Waals surface area contributed by atoms with E-state index in [1.807, 2.05) is 28.8 Å². The molecule has 0 radical (unpaired) electrons. The molecule has 1 aromatic carbocycles. The molecule has 7 nitrogen and oxygen atoms in total. The minimum absolute atomic E-state index is 0.0853. The lowest BCUT2D eigenvalue weighted by Gasteiger charge is -2.12. The van der Waals surface area contributed by atoms with Crippen molar-refractivity contribution in [2.75, 3.05) is 7.11 Å². The molecule has 0 aliphatic carbocycles. The summed E-state index contributed by atoms with van der Waals surface area (Å²) in [5.41, 5.74) is 1.63. The predicted octanol–water partition coefficient (Wildman–Crippen LogP) is 3.66. The smallest absolute Gasteiger partial charge is 0.266 e. The van der Waals surface area contributed by atoms with Gasteiger partial charge in [-0.25, -0.2) is 9.39 Å². The summed E-state index contributed by atoms with van der Waals surface area (Å²) in [4.78, 5) is 17.8. The monoisotopic (exact) mass is 443 g/mol. The highest BCUT2D eigenvalue weighted by Crippen LogP contribution is 2.28. The van der Waals surface area contributed by atoms with Crippen LogP contribution in [0, 0.1) is 0 Å². The molecule has 4 rings (SSSR count). The van der Waals surface area contributed by atoms with E-state index < -0.39 is 0 Å². The number of fused-ring (bicyclic) bond motifs is 2. The maximum Gasteiger partial charge on any atom is 0.266 e. The van der Waals surface area contributed by atoms with Crippen LogP contribution in [0.4, 0.5) is 5.82 Å². The molecule has 0 saturated carbocycles. The summed E-state index contributed by atoms with van der Waals surface area (Å²) in [6, 6.07) is 7.78. The molecule has 146 valence electrons. The second kappa shape index (κ2) is 7.87. The van der Waals surface area contributed by atoms with Crippen molar-refractivity contribution in [2.24, 2.45) is 4.99 Å². The predicted molar refractivity (Wildman–Crippen MR) is 112 cm³/mol. The molecule has 2 aromatic heterocycles. The quantitative estimate of drug-likeness (QED) is 0.522. The minimum atomic E-state index is -0.0853. The Morgan fingerprint density at radius 1 is 1.25 bits per heavy atom. The van der Waals surface area contributed by atoms with Crippen LogP contribution in [0.3, 0.4) is 0 Å². The van der Waals surface area contributed by atoms with Crippen LogP contribution in [0.1, 0.15) is 43.1 Å². The third-order valence-corrected chi connectivity index (χ3v) is 5.43. The van der Waals surface area contributed by atoms with Gasteiger partial charge < -0.3 is 4.74 Å². The number of halogens is 1. The van der Waals surface area contributed by atoms with E-state index in [9.17, 15) is 4.79 Å². The largest absolute Gasteiger partial charge is 0.497 e. The fourth-order valence-corrected chi connectivity index (χ4v) is 4.01. The van der Waals surface area contributed by atoms with Crippen molar-refractivity contribution in [3.8, 4) is 5.75 Å². The Bertz CT molecular complexity index is 1120. The van der Waals surface area contributed by atoms with Crippen molar-refractivity contribution in [3.05, 3.63) is 51.6 Å². The topological polar surface area (TPSA) is 73.8 Å². The molecule has 28 heavy (non-hydrogen) atoms. The van der Waals surface area contributed by atoms with Gasteiger partial charge in [0.05, 0.1) is 17.3 Å². The maximum absolute atomic E-state index is 13.2. The Kier molecular flexibility index (Phi) is 5.30. The summed E-state index contributed by atoms with van der Waals surface area (Å²) in [5.74, 6) is 2.68. The highest BCUT2D eigenvalue weighted by molar-refractivity contribution is 9.18. The standard InChI is InChI=1S/C20H22BrN5O2/c1-3-4-5-9-25-18-15(12-16(21)22-18)19(27)26-17(23-24-20(25)26)11-13-7-6-8-14(10-13)28-2/h6-8,10H,3-5,9,11-12H2,1-2H3. The van der Waals surface area contributed by atoms with Crippen LogP contribution in [0.15, 0.2) is 34.1 Å². The van der Waals surface area contributed by atoms with Crippen LogP contribution in [0.5, 0.6) is 5.75 Å². The van der Waals surface area contributed by atoms with Crippen molar-refractivity contribution >= 4 is 32.1 Å². The number of benzene rings is 1. The first kappa shape index (κ1) is 18.9. The van der Waals surface area contributed by atoms with Crippen molar-refractivity contribution in [3.63, 3.8) is 0 Å². The number of hydrogen-bond donors (Lipinski definition) is 0. The van der Waals surface area contributed by atoms with E-state index in [-0.39, 0.29) is 5.56 Å². The van der Waals surface area contributed by atoms with Gasteiger partial charge in [-0.3, -0.25) is 9.36 Å². The molecule has 0 unspecified atom stereocenters.